The van der Waals surface area contributed by atoms with E-state index in [0.29, 0.717) is 6.61 Å². The maximum absolute atomic E-state index is 11.7. The van der Waals surface area contributed by atoms with Crippen LogP contribution in [-0.4, -0.2) is 37.2 Å². The summed E-state index contributed by atoms with van der Waals surface area (Å²) in [5.74, 6) is 1.84. The first-order chi connectivity index (χ1) is 7.77. The molecule has 1 rings (SSSR count). The molecule has 0 bridgehead atoms. The van der Waals surface area contributed by atoms with Crippen LogP contribution in [0, 0.1) is 5.92 Å². The monoisotopic (exact) mass is 245 g/mol. The minimum atomic E-state index is -0.0901. The van der Waals surface area contributed by atoms with E-state index < -0.39 is 0 Å². The molecule has 0 amide bonds. The number of hydrogen-bond acceptors (Lipinski definition) is 4. The van der Waals surface area contributed by atoms with E-state index in [-0.39, 0.29) is 12.0 Å². The maximum atomic E-state index is 11.7. The lowest BCUT2D eigenvalue weighted by atomic mass is 10.1. The molecule has 0 aromatic rings. The highest BCUT2D eigenvalue weighted by Gasteiger charge is 2.25. The van der Waals surface area contributed by atoms with Crippen LogP contribution in [0.1, 0.15) is 32.6 Å². The fourth-order valence-corrected chi connectivity index (χ4v) is 2.06. The second kappa shape index (κ2) is 7.96. The number of hydrogen-bond donors (Lipinski definition) is 1. The van der Waals surface area contributed by atoms with Crippen molar-refractivity contribution in [2.45, 2.75) is 38.6 Å². The third kappa shape index (κ3) is 5.75. The van der Waals surface area contributed by atoms with Crippen LogP contribution in [-0.2, 0) is 9.53 Å². The molecule has 0 spiro atoms. The van der Waals surface area contributed by atoms with Crippen molar-refractivity contribution < 1.29 is 9.53 Å². The molecule has 1 unspecified atom stereocenters. The molecule has 16 heavy (non-hydrogen) atoms. The molecule has 1 saturated carbocycles. The van der Waals surface area contributed by atoms with Crippen LogP contribution in [0.2, 0.25) is 0 Å². The highest BCUT2D eigenvalue weighted by Crippen LogP contribution is 2.27. The minimum Gasteiger partial charge on any atom is -0.465 e. The third-order valence-electron chi connectivity index (χ3n) is 2.76. The highest BCUT2D eigenvalue weighted by atomic mass is 32.2. The third-order valence-corrected chi connectivity index (χ3v) is 3.46. The van der Waals surface area contributed by atoms with Crippen molar-refractivity contribution in [2.24, 2.45) is 5.92 Å². The van der Waals surface area contributed by atoms with Gasteiger partial charge in [-0.3, -0.25) is 4.79 Å². The molecule has 0 aromatic carbocycles. The van der Waals surface area contributed by atoms with Gasteiger partial charge < -0.3 is 10.1 Å². The number of ether oxygens (including phenoxy) is 1. The number of esters is 1. The number of nitrogens with one attached hydrogen (secondary N) is 1. The van der Waals surface area contributed by atoms with Crippen LogP contribution in [0.5, 0.6) is 0 Å². The zero-order chi connectivity index (χ0) is 11.8. The summed E-state index contributed by atoms with van der Waals surface area (Å²) in [6.45, 7) is 3.31. The van der Waals surface area contributed by atoms with Gasteiger partial charge in [-0.2, -0.15) is 11.8 Å². The zero-order valence-electron chi connectivity index (χ0n) is 10.3. The summed E-state index contributed by atoms with van der Waals surface area (Å²) in [4.78, 5) is 11.7. The van der Waals surface area contributed by atoms with Crippen LogP contribution in [0.4, 0.5) is 0 Å². The van der Waals surface area contributed by atoms with Crippen molar-refractivity contribution in [3.8, 4) is 0 Å². The fourth-order valence-electron chi connectivity index (χ4n) is 1.61. The molecular weight excluding hydrogens is 222 g/mol. The first-order valence-electron chi connectivity index (χ1n) is 6.16. The molecule has 1 aliphatic carbocycles. The van der Waals surface area contributed by atoms with Crippen LogP contribution in [0.3, 0.4) is 0 Å². The number of thioether (sulfide) groups is 1. The molecule has 0 heterocycles. The predicted molar refractivity (Wildman–Crippen MR) is 68.8 cm³/mol. The van der Waals surface area contributed by atoms with Crippen LogP contribution in [0.25, 0.3) is 0 Å². The average Bonchev–Trinajstić information content (AvgIpc) is 3.07. The largest absolute Gasteiger partial charge is 0.465 e. The summed E-state index contributed by atoms with van der Waals surface area (Å²) in [5, 5.41) is 3.34. The first kappa shape index (κ1) is 13.8. The van der Waals surface area contributed by atoms with E-state index in [0.717, 1.165) is 31.1 Å². The molecule has 0 aromatic heterocycles. The van der Waals surface area contributed by atoms with E-state index >= 15 is 0 Å². The van der Waals surface area contributed by atoms with Gasteiger partial charge in [0, 0.05) is 0 Å². The molecule has 3 nitrogen and oxygen atoms in total. The van der Waals surface area contributed by atoms with Crippen LogP contribution in [0.15, 0.2) is 0 Å². The smallest absolute Gasteiger partial charge is 0.323 e. The van der Waals surface area contributed by atoms with Gasteiger partial charge in [0.05, 0.1) is 6.61 Å². The van der Waals surface area contributed by atoms with Crippen LogP contribution >= 0.6 is 11.8 Å². The fraction of sp³-hybridized carbons (Fsp3) is 0.917. The van der Waals surface area contributed by atoms with Crippen molar-refractivity contribution in [1.82, 2.24) is 5.32 Å². The predicted octanol–water partition coefficient (Wildman–Crippen LogP) is 2.06. The zero-order valence-corrected chi connectivity index (χ0v) is 11.1. The molecule has 4 heteroatoms. The normalized spacial score (nSPS) is 17.1. The number of carbonyl (C=O) groups excluding carboxylic acids is 1. The summed E-state index contributed by atoms with van der Waals surface area (Å²) < 4.78 is 5.08. The average molecular weight is 245 g/mol. The van der Waals surface area contributed by atoms with E-state index in [4.69, 9.17) is 4.74 Å². The van der Waals surface area contributed by atoms with E-state index in [2.05, 4.69) is 11.6 Å². The van der Waals surface area contributed by atoms with E-state index in [9.17, 15) is 4.79 Å². The van der Waals surface area contributed by atoms with Crippen molar-refractivity contribution in [3.05, 3.63) is 0 Å². The minimum absolute atomic E-state index is 0.0794. The van der Waals surface area contributed by atoms with Gasteiger partial charge in [-0.1, -0.05) is 0 Å². The lowest BCUT2D eigenvalue weighted by Crippen LogP contribution is -2.39. The molecule has 0 saturated heterocycles. The number of rotatable bonds is 9. The van der Waals surface area contributed by atoms with Gasteiger partial charge in [0.2, 0.25) is 0 Å². The van der Waals surface area contributed by atoms with Gasteiger partial charge in [0.25, 0.3) is 0 Å². The summed E-state index contributed by atoms with van der Waals surface area (Å²) in [6.07, 6.45) is 6.69. The van der Waals surface area contributed by atoms with E-state index in [1.54, 1.807) is 0 Å². The highest BCUT2D eigenvalue weighted by molar-refractivity contribution is 7.98. The quantitative estimate of drug-likeness (QED) is 0.498. The van der Waals surface area contributed by atoms with Gasteiger partial charge in [0.15, 0.2) is 0 Å². The molecule has 0 radical (unpaired) electrons. The van der Waals surface area contributed by atoms with E-state index in [1.165, 1.54) is 12.8 Å². The van der Waals surface area contributed by atoms with Crippen molar-refractivity contribution >= 4 is 17.7 Å². The van der Waals surface area contributed by atoms with Crippen molar-refractivity contribution in [1.29, 1.82) is 0 Å². The molecule has 1 aliphatic rings. The Morgan fingerprint density at radius 3 is 2.88 bits per heavy atom. The van der Waals surface area contributed by atoms with Gasteiger partial charge in [-0.15, -0.1) is 0 Å². The van der Waals surface area contributed by atoms with Gasteiger partial charge in [0.1, 0.15) is 6.04 Å². The first-order valence-corrected chi connectivity index (χ1v) is 7.56. The topological polar surface area (TPSA) is 38.3 Å². The summed E-state index contributed by atoms with van der Waals surface area (Å²) in [6, 6.07) is -0.0901. The molecule has 0 aliphatic heterocycles. The lowest BCUT2D eigenvalue weighted by Gasteiger charge is -2.16. The molecule has 94 valence electrons. The van der Waals surface area contributed by atoms with Gasteiger partial charge in [-0.25, -0.2) is 0 Å². The molecule has 1 fully saturated rings. The van der Waals surface area contributed by atoms with Crippen molar-refractivity contribution in [3.63, 3.8) is 0 Å². The SMILES string of the molecule is CCOC(=O)C(CCCSC)NCC1CC1. The van der Waals surface area contributed by atoms with E-state index in [1.807, 2.05) is 18.7 Å². The standard InChI is InChI=1S/C12H23NO2S/c1-3-15-12(14)11(5-4-8-16-2)13-9-10-6-7-10/h10-11,13H,3-9H2,1-2H3. The Balaban J connectivity index is 2.23. The number of carbonyl (C=O) groups is 1. The van der Waals surface area contributed by atoms with Crippen LogP contribution < -0.4 is 5.32 Å². The van der Waals surface area contributed by atoms with Gasteiger partial charge >= 0.3 is 5.97 Å². The summed E-state index contributed by atoms with van der Waals surface area (Å²) in [7, 11) is 0. The molecular formula is C12H23NO2S. The molecule has 1 atom stereocenters. The second-order valence-corrected chi connectivity index (χ2v) is 5.28. The molecule has 1 N–H and O–H groups in total. The lowest BCUT2D eigenvalue weighted by molar-refractivity contribution is -0.145. The summed E-state index contributed by atoms with van der Waals surface area (Å²) >= 11 is 1.83. The van der Waals surface area contributed by atoms with Gasteiger partial charge in [-0.05, 0) is 57.1 Å². The second-order valence-electron chi connectivity index (χ2n) is 4.29. The Kier molecular flexibility index (Phi) is 6.88. The Morgan fingerprint density at radius 1 is 1.56 bits per heavy atom. The summed E-state index contributed by atoms with van der Waals surface area (Å²) in [5.41, 5.74) is 0. The Labute approximate surface area is 103 Å². The Bertz CT molecular complexity index is 207. The Hall–Kier alpha value is -0.220. The van der Waals surface area contributed by atoms with Crippen molar-refractivity contribution in [2.75, 3.05) is 25.2 Å². The maximum Gasteiger partial charge on any atom is 0.323 e. The Morgan fingerprint density at radius 2 is 2.31 bits per heavy atom.